The van der Waals surface area contributed by atoms with E-state index in [0.29, 0.717) is 12.1 Å². The molecule has 186 valence electrons. The first-order valence-electron chi connectivity index (χ1n) is 10.9. The highest BCUT2D eigenvalue weighted by molar-refractivity contribution is 5.93. The number of hydrogen-bond acceptors (Lipinski definition) is 5. The molecule has 0 radical (unpaired) electrons. The fourth-order valence-corrected chi connectivity index (χ4v) is 3.06. The highest BCUT2D eigenvalue weighted by Crippen LogP contribution is 2.13. The van der Waals surface area contributed by atoms with Crippen molar-refractivity contribution in [3.05, 3.63) is 41.5 Å². The van der Waals surface area contributed by atoms with Crippen LogP contribution in [0.4, 0.5) is 0 Å². The summed E-state index contributed by atoms with van der Waals surface area (Å²) in [7, 11) is 0. The molecule has 0 aliphatic heterocycles. The predicted molar refractivity (Wildman–Crippen MR) is 128 cm³/mol. The van der Waals surface area contributed by atoms with Gasteiger partial charge >= 0.3 is 11.9 Å². The number of rotatable bonds is 14. The molecule has 0 saturated carbocycles. The van der Waals surface area contributed by atoms with Gasteiger partial charge < -0.3 is 32.3 Å². The summed E-state index contributed by atoms with van der Waals surface area (Å²) in [6, 6.07) is 4.54. The van der Waals surface area contributed by atoms with E-state index < -0.39 is 48.2 Å². The summed E-state index contributed by atoms with van der Waals surface area (Å²) in [5.74, 6) is -4.38. The molecule has 8 N–H and O–H groups in total. The van der Waals surface area contributed by atoms with Crippen LogP contribution in [0, 0.1) is 5.92 Å². The Kier molecular flexibility index (Phi) is 11.8. The molecule has 34 heavy (non-hydrogen) atoms. The van der Waals surface area contributed by atoms with Gasteiger partial charge in [-0.3, -0.25) is 19.4 Å². The average Bonchev–Trinajstić information content (AvgIpc) is 2.73. The average molecular weight is 476 g/mol. The number of nitrogens with two attached hydrogens (primary N) is 2. The number of nitrogens with one attached hydrogen (secondary N) is 2. The molecule has 2 amide bonds. The lowest BCUT2D eigenvalue weighted by Gasteiger charge is -2.22. The van der Waals surface area contributed by atoms with E-state index in [1.807, 2.05) is 24.3 Å². The molecule has 1 aromatic carbocycles. The van der Waals surface area contributed by atoms with Crippen LogP contribution in [0.5, 0.6) is 0 Å². The van der Waals surface area contributed by atoms with Crippen LogP contribution in [0.2, 0.25) is 0 Å². The second-order valence-electron chi connectivity index (χ2n) is 8.01. The van der Waals surface area contributed by atoms with Crippen LogP contribution >= 0.6 is 0 Å². The van der Waals surface area contributed by atoms with E-state index in [4.69, 9.17) is 16.6 Å². The molecule has 2 atom stereocenters. The summed E-state index contributed by atoms with van der Waals surface area (Å²) in [5.41, 5.74) is 12.0. The molecular weight excluding hydrogens is 442 g/mol. The summed E-state index contributed by atoms with van der Waals surface area (Å²) in [4.78, 5) is 51.6. The molecule has 0 unspecified atom stereocenters. The van der Waals surface area contributed by atoms with Crippen molar-refractivity contribution in [1.82, 2.24) is 10.6 Å². The Balaban J connectivity index is 2.84. The lowest BCUT2D eigenvalue weighted by atomic mass is 10.0. The Morgan fingerprint density at radius 1 is 1.09 bits per heavy atom. The van der Waals surface area contributed by atoms with Gasteiger partial charge in [-0.2, -0.15) is 0 Å². The normalized spacial score (nSPS) is 12.7. The van der Waals surface area contributed by atoms with Gasteiger partial charge in [0.25, 0.3) is 0 Å². The highest BCUT2D eigenvalue weighted by atomic mass is 16.4. The lowest BCUT2D eigenvalue weighted by Crippen LogP contribution is -2.53. The first-order valence-corrected chi connectivity index (χ1v) is 10.9. The van der Waals surface area contributed by atoms with Gasteiger partial charge in [-0.1, -0.05) is 50.3 Å². The fourth-order valence-electron chi connectivity index (χ4n) is 3.06. The van der Waals surface area contributed by atoms with Gasteiger partial charge in [0.15, 0.2) is 5.96 Å². The molecule has 0 bridgehead atoms. The lowest BCUT2D eigenvalue weighted by molar-refractivity contribution is -0.144. The summed E-state index contributed by atoms with van der Waals surface area (Å²) in [5, 5.41) is 23.1. The molecular formula is C23H33N5O6. The summed E-state index contributed by atoms with van der Waals surface area (Å²) >= 11 is 0. The highest BCUT2D eigenvalue weighted by Gasteiger charge is 2.29. The van der Waals surface area contributed by atoms with Crippen LogP contribution in [-0.4, -0.2) is 58.6 Å². The Bertz CT molecular complexity index is 924. The molecule has 1 aromatic rings. The molecule has 0 spiro atoms. The molecule has 0 aromatic heterocycles. The van der Waals surface area contributed by atoms with E-state index in [1.54, 1.807) is 26.0 Å². The number of guanidine groups is 1. The van der Waals surface area contributed by atoms with Crippen molar-refractivity contribution in [2.75, 3.05) is 6.54 Å². The molecule has 0 fully saturated rings. The molecule has 0 aliphatic carbocycles. The smallest absolute Gasteiger partial charge is 0.326 e. The van der Waals surface area contributed by atoms with Crippen molar-refractivity contribution in [1.29, 1.82) is 0 Å². The van der Waals surface area contributed by atoms with Crippen molar-refractivity contribution in [2.24, 2.45) is 22.4 Å². The van der Waals surface area contributed by atoms with E-state index in [0.717, 1.165) is 18.4 Å². The second kappa shape index (κ2) is 14.3. The first kappa shape index (κ1) is 28.1. The van der Waals surface area contributed by atoms with Gasteiger partial charge in [0.05, 0.1) is 12.8 Å². The summed E-state index contributed by atoms with van der Waals surface area (Å²) in [6.07, 6.45) is 4.48. The van der Waals surface area contributed by atoms with Crippen LogP contribution in [0.3, 0.4) is 0 Å². The molecule has 0 heterocycles. The van der Waals surface area contributed by atoms with Gasteiger partial charge in [-0.25, -0.2) is 4.79 Å². The number of unbranched alkanes of at least 4 members (excludes halogenated alkanes) is 1. The van der Waals surface area contributed by atoms with E-state index in [-0.39, 0.29) is 12.4 Å². The van der Waals surface area contributed by atoms with E-state index in [2.05, 4.69) is 15.6 Å². The predicted octanol–water partition coefficient (Wildman–Crippen LogP) is 0.481. The van der Waals surface area contributed by atoms with Crippen LogP contribution in [-0.2, 0) is 25.6 Å². The second-order valence-corrected chi connectivity index (χ2v) is 8.01. The first-order chi connectivity index (χ1) is 16.0. The van der Waals surface area contributed by atoms with Crippen LogP contribution in [0.15, 0.2) is 35.3 Å². The number of carbonyl (C=O) groups is 4. The number of hydrogen-bond donors (Lipinski definition) is 6. The van der Waals surface area contributed by atoms with Crippen molar-refractivity contribution in [2.45, 2.75) is 51.6 Å². The van der Waals surface area contributed by atoms with Crippen LogP contribution < -0.4 is 22.1 Å². The Morgan fingerprint density at radius 3 is 2.35 bits per heavy atom. The van der Waals surface area contributed by atoms with Crippen LogP contribution in [0.25, 0.3) is 6.08 Å². The van der Waals surface area contributed by atoms with Gasteiger partial charge in [-0.05, 0) is 29.9 Å². The number of aliphatic carboxylic acids is 2. The number of carboxylic acids is 2. The Morgan fingerprint density at radius 2 is 1.76 bits per heavy atom. The maximum absolute atomic E-state index is 12.6. The Hall–Kier alpha value is -3.89. The number of nitrogens with zero attached hydrogens (tertiary/aromatic N) is 1. The van der Waals surface area contributed by atoms with Gasteiger partial charge in [0.1, 0.15) is 12.1 Å². The Labute approximate surface area is 198 Å². The SMILES string of the molecule is CC(C)[C@H](NC(=O)[C@H](CC(=O)O)NC(=O)Cc1ccccc1C=CCCCN=C(N)N)C(=O)O. The maximum Gasteiger partial charge on any atom is 0.326 e. The minimum absolute atomic E-state index is 0.0397. The van der Waals surface area contributed by atoms with Gasteiger partial charge in [0.2, 0.25) is 11.8 Å². The number of aliphatic imine (C=N–C) groups is 1. The van der Waals surface area contributed by atoms with E-state index >= 15 is 0 Å². The third-order valence-corrected chi connectivity index (χ3v) is 4.79. The molecule has 11 nitrogen and oxygen atoms in total. The zero-order chi connectivity index (χ0) is 25.7. The zero-order valence-electron chi connectivity index (χ0n) is 19.4. The third-order valence-electron chi connectivity index (χ3n) is 4.79. The summed E-state index contributed by atoms with van der Waals surface area (Å²) in [6.45, 7) is 3.72. The third kappa shape index (κ3) is 10.6. The largest absolute Gasteiger partial charge is 0.481 e. The molecule has 1 rings (SSSR count). The number of carbonyl (C=O) groups excluding carboxylic acids is 2. The van der Waals surface area contributed by atoms with Crippen molar-refractivity contribution < 1.29 is 29.4 Å². The number of allylic oxidation sites excluding steroid dienone is 1. The van der Waals surface area contributed by atoms with Crippen molar-refractivity contribution in [3.8, 4) is 0 Å². The molecule has 11 heteroatoms. The maximum atomic E-state index is 12.6. The monoisotopic (exact) mass is 475 g/mol. The summed E-state index contributed by atoms with van der Waals surface area (Å²) < 4.78 is 0. The number of benzene rings is 1. The molecule has 0 aliphatic rings. The van der Waals surface area contributed by atoms with E-state index in [1.165, 1.54) is 0 Å². The minimum Gasteiger partial charge on any atom is -0.481 e. The minimum atomic E-state index is -1.41. The van der Waals surface area contributed by atoms with Gasteiger partial charge in [-0.15, -0.1) is 0 Å². The van der Waals surface area contributed by atoms with Crippen molar-refractivity contribution >= 4 is 35.8 Å². The fraction of sp³-hybridized carbons (Fsp3) is 0.435. The number of amides is 2. The zero-order valence-corrected chi connectivity index (χ0v) is 19.4. The van der Waals surface area contributed by atoms with Crippen molar-refractivity contribution in [3.63, 3.8) is 0 Å². The van der Waals surface area contributed by atoms with Crippen LogP contribution in [0.1, 0.15) is 44.2 Å². The molecule has 0 saturated heterocycles. The number of carboxylic acid groups (broad SMARTS) is 2. The topological polar surface area (TPSA) is 197 Å². The van der Waals surface area contributed by atoms with Gasteiger partial charge in [0, 0.05) is 6.54 Å². The standard InChI is InChI=1S/C23H33N5O6/c1-14(2)20(22(33)34)28-21(32)17(13-19(30)31)27-18(29)12-16-10-6-5-9-15(16)8-4-3-7-11-26-23(24)25/h4-6,8-10,14,17,20H,3,7,11-13H2,1-2H3,(H,27,29)(H,28,32)(H,30,31)(H,33,34)(H4,24,25,26)/t17-,20-/m0/s1. The quantitative estimate of drug-likeness (QED) is 0.127. The van der Waals surface area contributed by atoms with E-state index in [9.17, 15) is 24.3 Å².